The fraction of sp³-hybridized carbons (Fsp3) is 0.286. The number of nitrogen functional groups attached to an aromatic ring is 1. The number of aryl methyl sites for hydroxylation is 1. The minimum Gasteiger partial charge on any atom is -0.368 e. The van der Waals surface area contributed by atoms with Crippen molar-refractivity contribution in [3.63, 3.8) is 0 Å². The second-order valence-corrected chi connectivity index (χ2v) is 3.69. The van der Waals surface area contributed by atoms with Crippen LogP contribution in [0.25, 0.3) is 0 Å². The van der Waals surface area contributed by atoms with Crippen molar-refractivity contribution in [3.8, 4) is 0 Å². The number of aromatic nitrogens is 5. The number of imidazole rings is 1. The summed E-state index contributed by atoms with van der Waals surface area (Å²) in [4.78, 5) is 8.16. The molecule has 0 aliphatic heterocycles. The Balaban J connectivity index is 1.98. The zero-order valence-electron chi connectivity index (χ0n) is 7.64. The molecule has 3 N–H and O–H groups in total. The summed E-state index contributed by atoms with van der Waals surface area (Å²) in [6, 6.07) is 0. The minimum absolute atomic E-state index is 0.340. The first-order valence-corrected chi connectivity index (χ1v) is 5.01. The van der Waals surface area contributed by atoms with Crippen LogP contribution in [-0.2, 0) is 12.8 Å². The van der Waals surface area contributed by atoms with Gasteiger partial charge in [0.15, 0.2) is 0 Å². The quantitative estimate of drug-likeness (QED) is 0.717. The normalized spacial score (nSPS) is 10.6. The summed E-state index contributed by atoms with van der Waals surface area (Å²) in [6.45, 7) is 0. The van der Waals surface area contributed by atoms with Crippen LogP contribution in [0.2, 0.25) is 0 Å². The maximum Gasteiger partial charge on any atom is 0.216 e. The number of thioether (sulfide) groups is 1. The van der Waals surface area contributed by atoms with Crippen LogP contribution >= 0.6 is 11.8 Å². The molecule has 14 heavy (non-hydrogen) atoms. The number of nitrogens with one attached hydrogen (secondary N) is 1. The van der Waals surface area contributed by atoms with Gasteiger partial charge < -0.3 is 10.3 Å². The summed E-state index contributed by atoms with van der Waals surface area (Å²) in [7, 11) is 1.95. The van der Waals surface area contributed by atoms with E-state index in [0.717, 1.165) is 11.6 Å². The molecule has 0 aliphatic carbocycles. The molecule has 2 heterocycles. The molecule has 2 rings (SSSR count). The number of anilines is 1. The lowest BCUT2D eigenvalue weighted by Crippen LogP contribution is -1.94. The Morgan fingerprint density at radius 2 is 2.50 bits per heavy atom. The van der Waals surface area contributed by atoms with Gasteiger partial charge in [0.25, 0.3) is 0 Å². The zero-order chi connectivity index (χ0) is 9.97. The molecule has 0 amide bonds. The van der Waals surface area contributed by atoms with E-state index in [-0.39, 0.29) is 0 Å². The zero-order valence-corrected chi connectivity index (χ0v) is 8.45. The Morgan fingerprint density at radius 1 is 1.64 bits per heavy atom. The van der Waals surface area contributed by atoms with Gasteiger partial charge in [0.05, 0.1) is 5.75 Å². The predicted molar refractivity (Wildman–Crippen MR) is 53.6 cm³/mol. The molecule has 2 aromatic heterocycles. The van der Waals surface area contributed by atoms with Crippen molar-refractivity contribution >= 4 is 17.7 Å². The number of aromatic amines is 1. The third-order valence-corrected chi connectivity index (χ3v) is 2.58. The standard InChI is InChI=1S/C7H10N6S/c1-13-3-2-9-5(13)4-14-7-10-6(8)11-12-7/h2-3H,4H2,1H3,(H3,8,10,11,12). The highest BCUT2D eigenvalue weighted by molar-refractivity contribution is 7.98. The van der Waals surface area contributed by atoms with Crippen molar-refractivity contribution in [2.75, 3.05) is 5.73 Å². The molecule has 6 nitrogen and oxygen atoms in total. The predicted octanol–water partition coefficient (Wildman–Crippen LogP) is 0.413. The average Bonchev–Trinajstić information content (AvgIpc) is 2.72. The van der Waals surface area contributed by atoms with Crippen molar-refractivity contribution in [2.45, 2.75) is 10.9 Å². The Labute approximate surface area is 84.9 Å². The second kappa shape index (κ2) is 3.70. The van der Waals surface area contributed by atoms with Crippen LogP contribution in [0.4, 0.5) is 5.95 Å². The molecule has 74 valence electrons. The van der Waals surface area contributed by atoms with Crippen molar-refractivity contribution in [3.05, 3.63) is 18.2 Å². The van der Waals surface area contributed by atoms with Crippen molar-refractivity contribution < 1.29 is 0 Å². The molecule has 0 saturated carbocycles. The number of nitrogens with two attached hydrogens (primary N) is 1. The summed E-state index contributed by atoms with van der Waals surface area (Å²) in [5.41, 5.74) is 5.39. The molecular weight excluding hydrogens is 200 g/mol. The van der Waals surface area contributed by atoms with Gasteiger partial charge in [0.1, 0.15) is 5.82 Å². The fourth-order valence-corrected chi connectivity index (χ4v) is 1.80. The first kappa shape index (κ1) is 9.07. The minimum atomic E-state index is 0.340. The Kier molecular flexibility index (Phi) is 2.40. The lowest BCUT2D eigenvalue weighted by Gasteiger charge is -1.97. The first-order chi connectivity index (χ1) is 6.75. The van der Waals surface area contributed by atoms with E-state index in [1.54, 1.807) is 6.20 Å². The Morgan fingerprint density at radius 3 is 3.07 bits per heavy atom. The molecule has 0 spiro atoms. The van der Waals surface area contributed by atoms with Gasteiger partial charge in [-0.2, -0.15) is 4.98 Å². The Hall–Kier alpha value is -1.50. The third-order valence-electron chi connectivity index (χ3n) is 1.73. The van der Waals surface area contributed by atoms with Gasteiger partial charge in [-0.25, -0.2) is 10.1 Å². The number of rotatable bonds is 3. The molecule has 0 fully saturated rings. The van der Waals surface area contributed by atoms with E-state index in [9.17, 15) is 0 Å². The number of nitrogens with zero attached hydrogens (tertiary/aromatic N) is 4. The highest BCUT2D eigenvalue weighted by Gasteiger charge is 2.04. The van der Waals surface area contributed by atoms with Crippen LogP contribution in [0.1, 0.15) is 5.82 Å². The largest absolute Gasteiger partial charge is 0.368 e. The molecule has 0 radical (unpaired) electrons. The van der Waals surface area contributed by atoms with E-state index in [1.807, 2.05) is 17.8 Å². The molecule has 0 bridgehead atoms. The molecule has 0 aromatic carbocycles. The fourth-order valence-electron chi connectivity index (χ4n) is 0.987. The second-order valence-electron chi connectivity index (χ2n) is 2.75. The molecule has 0 atom stereocenters. The van der Waals surface area contributed by atoms with E-state index in [1.165, 1.54) is 11.8 Å². The van der Waals surface area contributed by atoms with Gasteiger partial charge in [0, 0.05) is 19.4 Å². The van der Waals surface area contributed by atoms with E-state index in [0.29, 0.717) is 11.1 Å². The van der Waals surface area contributed by atoms with Gasteiger partial charge in [-0.15, -0.1) is 5.10 Å². The van der Waals surface area contributed by atoms with Gasteiger partial charge in [-0.05, 0) is 0 Å². The van der Waals surface area contributed by atoms with Gasteiger partial charge >= 0.3 is 0 Å². The summed E-state index contributed by atoms with van der Waals surface area (Å²) < 4.78 is 1.96. The van der Waals surface area contributed by atoms with E-state index < -0.39 is 0 Å². The van der Waals surface area contributed by atoms with Crippen LogP contribution in [0.3, 0.4) is 0 Å². The van der Waals surface area contributed by atoms with E-state index >= 15 is 0 Å². The maximum absolute atomic E-state index is 5.39. The summed E-state index contributed by atoms with van der Waals surface area (Å²) in [6.07, 6.45) is 3.67. The topological polar surface area (TPSA) is 85.4 Å². The average molecular weight is 210 g/mol. The summed E-state index contributed by atoms with van der Waals surface area (Å²) >= 11 is 1.50. The van der Waals surface area contributed by atoms with Crippen LogP contribution in [0.5, 0.6) is 0 Å². The van der Waals surface area contributed by atoms with Crippen LogP contribution in [-0.4, -0.2) is 24.7 Å². The van der Waals surface area contributed by atoms with Crippen LogP contribution < -0.4 is 5.73 Å². The lowest BCUT2D eigenvalue weighted by molar-refractivity contribution is 0.847. The van der Waals surface area contributed by atoms with Crippen molar-refractivity contribution in [2.24, 2.45) is 7.05 Å². The third kappa shape index (κ3) is 1.87. The molecule has 0 saturated heterocycles. The molecule has 0 aliphatic rings. The molecule has 0 unspecified atom stereocenters. The summed E-state index contributed by atoms with van der Waals surface area (Å²) in [5.74, 6) is 2.06. The highest BCUT2D eigenvalue weighted by Crippen LogP contribution is 2.17. The highest BCUT2D eigenvalue weighted by atomic mass is 32.2. The molecular formula is C7H10N6S. The van der Waals surface area contributed by atoms with Gasteiger partial charge in [-0.1, -0.05) is 11.8 Å². The smallest absolute Gasteiger partial charge is 0.216 e. The summed E-state index contributed by atoms with van der Waals surface area (Å²) in [5, 5.41) is 7.14. The first-order valence-electron chi connectivity index (χ1n) is 4.02. The molecule has 2 aromatic rings. The number of hydrogen-bond donors (Lipinski definition) is 2. The monoisotopic (exact) mass is 210 g/mol. The van der Waals surface area contributed by atoms with Gasteiger partial charge in [-0.3, -0.25) is 0 Å². The lowest BCUT2D eigenvalue weighted by atomic mass is 10.7. The number of hydrogen-bond acceptors (Lipinski definition) is 5. The Bertz CT molecular complexity index is 419. The van der Waals surface area contributed by atoms with E-state index in [2.05, 4.69) is 20.2 Å². The maximum atomic E-state index is 5.39. The van der Waals surface area contributed by atoms with Crippen molar-refractivity contribution in [1.29, 1.82) is 0 Å². The number of H-pyrrole nitrogens is 1. The van der Waals surface area contributed by atoms with Gasteiger partial charge in [0.2, 0.25) is 11.1 Å². The molecule has 7 heteroatoms. The SMILES string of the molecule is Cn1ccnc1CSc1n[nH]c(N)n1. The van der Waals surface area contributed by atoms with Crippen LogP contribution in [0.15, 0.2) is 17.6 Å². The van der Waals surface area contributed by atoms with Crippen LogP contribution in [0, 0.1) is 0 Å². The van der Waals surface area contributed by atoms with E-state index in [4.69, 9.17) is 5.73 Å². The van der Waals surface area contributed by atoms with Crippen molar-refractivity contribution in [1.82, 2.24) is 24.7 Å².